The first-order valence-corrected chi connectivity index (χ1v) is 24.1. The summed E-state index contributed by atoms with van der Waals surface area (Å²) < 4.78 is 23.8. The van der Waals surface area contributed by atoms with Crippen molar-refractivity contribution < 1.29 is 49.0 Å². The van der Waals surface area contributed by atoms with Crippen LogP contribution in [0.3, 0.4) is 0 Å². The number of isothiocyanates is 1. The maximum Gasteiger partial charge on any atom is 0.340 e. The van der Waals surface area contributed by atoms with Gasteiger partial charge in [0.1, 0.15) is 46.0 Å². The number of aromatic hydroxyl groups is 4. The van der Waals surface area contributed by atoms with Crippen LogP contribution in [-0.2, 0) is 20.7 Å². The Morgan fingerprint density at radius 3 is 1.43 bits per heavy atom. The molecule has 0 saturated carbocycles. The molecule has 0 aliphatic carbocycles. The SMILES string of the molecule is C.CCN(CC)CC.O=C1OC2(c3ccc(O)cc3Oc3cc(O)ccc32)c2ccc(N=C=S)cc21.[N-]=[N+]=NCCN.[N-]=[N+]=NCCNC(=S)Nc1ccc2c(c1)C(=O)OC21c2ccc(O)cc2Oc2cc(O)ccc21. The van der Waals surface area contributed by atoms with Crippen LogP contribution < -0.4 is 25.8 Å². The second-order valence-electron chi connectivity index (χ2n) is 16.5. The summed E-state index contributed by atoms with van der Waals surface area (Å²) in [4.78, 5) is 37.3. The number of nitrogens with two attached hydrogens (primary N) is 1. The zero-order valence-electron chi connectivity index (χ0n) is 40.6. The molecular weight excluding hydrogens is 1010 g/mol. The third-order valence-corrected chi connectivity index (χ3v) is 12.5. The number of azide groups is 2. The number of aliphatic imine (C=N–C) groups is 1. The van der Waals surface area contributed by atoms with Crippen molar-refractivity contribution in [3.8, 4) is 46.0 Å². The van der Waals surface area contributed by atoms with Crippen molar-refractivity contribution in [1.29, 1.82) is 0 Å². The Hall–Kier alpha value is -8.91. The fourth-order valence-electron chi connectivity index (χ4n) is 8.81. The topological polar surface area (TPSA) is 315 Å². The van der Waals surface area contributed by atoms with E-state index < -0.39 is 23.1 Å². The van der Waals surface area contributed by atoms with Gasteiger partial charge in [-0.15, -0.1) is 0 Å². The number of thiocarbonyl (C=S) groups is 2. The summed E-state index contributed by atoms with van der Waals surface area (Å²) in [5.74, 6) is 0.223. The Morgan fingerprint density at radius 2 is 1.05 bits per heavy atom. The summed E-state index contributed by atoms with van der Waals surface area (Å²) in [5.41, 5.74) is 23.5. The van der Waals surface area contributed by atoms with Gasteiger partial charge in [0, 0.05) is 92.8 Å². The van der Waals surface area contributed by atoms with E-state index in [9.17, 15) is 30.0 Å². The van der Waals surface area contributed by atoms with Gasteiger partial charge in [-0.1, -0.05) is 50.6 Å². The molecule has 0 fully saturated rings. The Morgan fingerprint density at radius 1 is 0.645 bits per heavy atom. The second kappa shape index (κ2) is 24.9. The van der Waals surface area contributed by atoms with Crippen molar-refractivity contribution in [3.05, 3.63) is 175 Å². The number of benzene rings is 6. The Balaban J connectivity index is 0.000000200. The molecular formula is C53H53N11O10S2. The largest absolute Gasteiger partial charge is 0.508 e. The van der Waals surface area contributed by atoms with Gasteiger partial charge in [-0.25, -0.2) is 9.59 Å². The van der Waals surface area contributed by atoms with Gasteiger partial charge in [-0.3, -0.25) is 0 Å². The van der Waals surface area contributed by atoms with Crippen LogP contribution in [0, 0.1) is 0 Å². The number of rotatable bonds is 10. The van der Waals surface area contributed by atoms with E-state index in [1.54, 1.807) is 60.7 Å². The van der Waals surface area contributed by atoms with E-state index in [-0.39, 0.29) is 37.0 Å². The molecule has 21 nitrogen and oxygen atoms in total. The predicted octanol–water partition coefficient (Wildman–Crippen LogP) is 10.9. The van der Waals surface area contributed by atoms with Crippen LogP contribution >= 0.6 is 24.4 Å². The van der Waals surface area contributed by atoms with Gasteiger partial charge >= 0.3 is 11.9 Å². The average molecular weight is 1070 g/mol. The molecule has 0 radical (unpaired) electrons. The number of phenolic OH excluding ortho intramolecular Hbond substituents is 4. The number of ether oxygens (including phenoxy) is 4. The van der Waals surface area contributed by atoms with Crippen LogP contribution in [0.5, 0.6) is 46.0 Å². The molecule has 0 aromatic heterocycles. The number of phenols is 4. The number of hydrogen-bond acceptors (Lipinski definition) is 17. The lowest BCUT2D eigenvalue weighted by atomic mass is 9.77. The highest BCUT2D eigenvalue weighted by molar-refractivity contribution is 7.80. The Kier molecular flexibility index (Phi) is 18.5. The van der Waals surface area contributed by atoms with Gasteiger partial charge in [-0.2, -0.15) is 4.99 Å². The van der Waals surface area contributed by atoms with Gasteiger partial charge in [0.15, 0.2) is 16.3 Å². The highest BCUT2D eigenvalue weighted by Gasteiger charge is 2.55. The number of carbonyl (C=O) groups excluding carboxylic acids is 2. The van der Waals surface area contributed by atoms with Crippen LogP contribution in [-0.4, -0.2) is 93.4 Å². The molecule has 0 saturated heterocycles. The first kappa shape index (κ1) is 56.4. The van der Waals surface area contributed by atoms with Gasteiger partial charge in [0.05, 0.1) is 22.0 Å². The number of hydrogen-bond donors (Lipinski definition) is 7. The normalized spacial score (nSPS) is 13.3. The van der Waals surface area contributed by atoms with Crippen molar-refractivity contribution in [2.75, 3.05) is 51.1 Å². The lowest BCUT2D eigenvalue weighted by Gasteiger charge is -2.36. The summed E-state index contributed by atoms with van der Waals surface area (Å²) in [6, 6.07) is 28.6. The minimum Gasteiger partial charge on any atom is -0.508 e. The summed E-state index contributed by atoms with van der Waals surface area (Å²) in [6.07, 6.45) is 0. The predicted molar refractivity (Wildman–Crippen MR) is 292 cm³/mol. The lowest BCUT2D eigenvalue weighted by molar-refractivity contribution is 0.0214. The van der Waals surface area contributed by atoms with E-state index in [1.165, 1.54) is 68.2 Å². The number of esters is 2. The smallest absolute Gasteiger partial charge is 0.340 e. The number of fused-ring (bicyclic) bond motifs is 12. The van der Waals surface area contributed by atoms with Crippen LogP contribution in [0.15, 0.2) is 124 Å². The average Bonchev–Trinajstić information content (AvgIpc) is 3.98. The number of nitrogens with one attached hydrogen (secondary N) is 2. The second-order valence-corrected chi connectivity index (χ2v) is 17.0. The van der Waals surface area contributed by atoms with Crippen molar-refractivity contribution in [1.82, 2.24) is 10.2 Å². The van der Waals surface area contributed by atoms with Gasteiger partial charge in [0.2, 0.25) is 0 Å². The molecule has 8 N–H and O–H groups in total. The number of carbonyl (C=O) groups is 2. The molecule has 2 spiro atoms. The molecule has 10 rings (SSSR count). The molecule has 0 unspecified atom stereocenters. The van der Waals surface area contributed by atoms with E-state index in [0.717, 1.165) is 0 Å². The number of anilines is 1. The van der Waals surface area contributed by atoms with E-state index in [4.69, 9.17) is 48.0 Å². The van der Waals surface area contributed by atoms with Crippen LogP contribution in [0.2, 0.25) is 0 Å². The summed E-state index contributed by atoms with van der Waals surface area (Å²) in [5, 5.41) is 54.9. The summed E-state index contributed by atoms with van der Waals surface area (Å²) >= 11 is 9.89. The van der Waals surface area contributed by atoms with Crippen LogP contribution in [0.1, 0.15) is 82.3 Å². The molecule has 6 aromatic rings. The fraction of sp³-hybridized carbons (Fsp3) is 0.245. The summed E-state index contributed by atoms with van der Waals surface area (Å²) in [7, 11) is 0. The third-order valence-electron chi connectivity index (χ3n) is 12.2. The quantitative estimate of drug-likeness (QED) is 0.0127. The van der Waals surface area contributed by atoms with Crippen molar-refractivity contribution in [3.63, 3.8) is 0 Å². The van der Waals surface area contributed by atoms with E-state index in [1.807, 2.05) is 0 Å². The molecule has 76 heavy (non-hydrogen) atoms. The third kappa shape index (κ3) is 11.4. The number of nitrogens with zero attached hydrogens (tertiary/aromatic N) is 8. The molecule has 0 amide bonds. The molecule has 23 heteroatoms. The molecule has 392 valence electrons. The monoisotopic (exact) mass is 1070 g/mol. The van der Waals surface area contributed by atoms with Crippen molar-refractivity contribution >= 4 is 58.0 Å². The van der Waals surface area contributed by atoms with E-state index in [2.05, 4.69) is 78.7 Å². The van der Waals surface area contributed by atoms with Crippen molar-refractivity contribution in [2.24, 2.45) is 21.0 Å². The highest BCUT2D eigenvalue weighted by Crippen LogP contribution is 2.59. The zero-order chi connectivity index (χ0) is 53.9. The van der Waals surface area contributed by atoms with E-state index >= 15 is 0 Å². The maximum atomic E-state index is 13.1. The highest BCUT2D eigenvalue weighted by atomic mass is 32.1. The lowest BCUT2D eigenvalue weighted by Crippen LogP contribution is -2.33. The summed E-state index contributed by atoms with van der Waals surface area (Å²) in [6.45, 7) is 11.6. The first-order chi connectivity index (χ1) is 36.2. The van der Waals surface area contributed by atoms with E-state index in [0.29, 0.717) is 104 Å². The molecule has 4 aliphatic heterocycles. The molecule has 0 atom stereocenters. The van der Waals surface area contributed by atoms with Gasteiger partial charge < -0.3 is 60.6 Å². The maximum absolute atomic E-state index is 13.1. The van der Waals surface area contributed by atoms with Gasteiger partial charge in [0.25, 0.3) is 0 Å². The zero-order valence-corrected chi connectivity index (χ0v) is 42.2. The van der Waals surface area contributed by atoms with Crippen molar-refractivity contribution in [2.45, 2.75) is 39.4 Å². The fourth-order valence-corrected chi connectivity index (χ4v) is 9.14. The molecule has 0 bridgehead atoms. The van der Waals surface area contributed by atoms with Gasteiger partial charge in [-0.05, 0) is 134 Å². The first-order valence-electron chi connectivity index (χ1n) is 23.2. The standard InChI is InChI=1S/C23H17N5O5S.C21H11NO5S.C6H15N.C2H6N4.CH4/c24-28-26-8-7-25-22(34)27-12-1-4-16-15(9-12)21(31)33-23(16)17-5-2-13(29)10-19(17)32-20-11-14(30)3-6-18(20)23;23-12-2-5-16-18(8-12)26-19-9-13(24)3-6-17(19)21(16)15-4-1-11(22-10-28)7-14(15)20(25)27-21;1-4-7(5-2)6-3;3-1-2-5-6-4;/h1-6,9-11,29-30H,7-8H2,(H2,25,27,34);1-9,23-24H;4-6H2,1-3H3;1-3H2;1H4. The molecule has 4 aliphatic rings. The minimum atomic E-state index is -1.32. The minimum absolute atomic E-state index is 0. The Bertz CT molecular complexity index is 3230. The molecule has 4 heterocycles. The van der Waals surface area contributed by atoms with Crippen LogP contribution in [0.25, 0.3) is 20.9 Å². The Labute approximate surface area is 447 Å². The molecule has 6 aromatic carbocycles. The van der Waals surface area contributed by atoms with Crippen LogP contribution in [0.4, 0.5) is 11.4 Å².